The van der Waals surface area contributed by atoms with E-state index in [-0.39, 0.29) is 6.04 Å². The zero-order chi connectivity index (χ0) is 9.84. The molecule has 1 aromatic rings. The van der Waals surface area contributed by atoms with Crippen LogP contribution in [0.3, 0.4) is 0 Å². The first-order valence-electron chi connectivity index (χ1n) is 4.07. The molecule has 0 saturated carbocycles. The molecule has 0 bridgehead atoms. The van der Waals surface area contributed by atoms with Crippen LogP contribution >= 0.6 is 0 Å². The lowest BCUT2D eigenvalue weighted by atomic mass is 10.0. The molecule has 1 rings (SSSR count). The fraction of sp³-hybridized carbons (Fsp3) is 0.182. The van der Waals surface area contributed by atoms with Gasteiger partial charge in [-0.15, -0.1) is 6.58 Å². The molecule has 0 aliphatic carbocycles. The smallest absolute Gasteiger partial charge is 0.0991 e. The van der Waals surface area contributed by atoms with Crippen molar-refractivity contribution in [1.82, 2.24) is 0 Å². The van der Waals surface area contributed by atoms with Gasteiger partial charge in [0, 0.05) is 6.04 Å². The highest BCUT2D eigenvalue weighted by Gasteiger charge is 2.03. The summed E-state index contributed by atoms with van der Waals surface area (Å²) in [6.07, 6.45) is 1.66. The molecule has 0 aliphatic heterocycles. The molecule has 0 saturated heterocycles. The van der Waals surface area contributed by atoms with Crippen LogP contribution in [-0.4, -0.2) is 0 Å². The van der Waals surface area contributed by atoms with Crippen molar-refractivity contribution in [2.45, 2.75) is 13.0 Å². The van der Waals surface area contributed by atoms with E-state index in [1.165, 1.54) is 0 Å². The normalized spacial score (nSPS) is 11.8. The Balaban J connectivity index is 3.17. The molecule has 0 aliphatic rings. The molecule has 0 fully saturated rings. The molecule has 1 aromatic carbocycles. The van der Waals surface area contributed by atoms with Crippen LogP contribution in [0.5, 0.6) is 0 Å². The van der Waals surface area contributed by atoms with Crippen molar-refractivity contribution in [1.29, 1.82) is 5.26 Å². The van der Waals surface area contributed by atoms with Crippen molar-refractivity contribution in [2.75, 3.05) is 0 Å². The predicted octanol–water partition coefficient (Wildman–Crippen LogP) is 2.05. The van der Waals surface area contributed by atoms with Gasteiger partial charge in [-0.25, -0.2) is 0 Å². The maximum Gasteiger partial charge on any atom is 0.0991 e. The summed E-state index contributed by atoms with van der Waals surface area (Å²) in [5, 5.41) is 8.72. The van der Waals surface area contributed by atoms with Crippen LogP contribution in [0, 0.1) is 18.3 Å². The summed E-state index contributed by atoms with van der Waals surface area (Å²) < 4.78 is 0. The molecule has 0 amide bonds. The highest BCUT2D eigenvalue weighted by molar-refractivity contribution is 5.39. The molecule has 0 spiro atoms. The molecule has 66 valence electrons. The number of benzene rings is 1. The topological polar surface area (TPSA) is 49.8 Å². The highest BCUT2D eigenvalue weighted by atomic mass is 14.6. The molecular formula is C11H12N2. The van der Waals surface area contributed by atoms with Crippen molar-refractivity contribution >= 4 is 0 Å². The van der Waals surface area contributed by atoms with Gasteiger partial charge in [0.1, 0.15) is 0 Å². The number of hydrogen-bond acceptors (Lipinski definition) is 2. The molecule has 0 unspecified atom stereocenters. The van der Waals surface area contributed by atoms with Gasteiger partial charge in [0.15, 0.2) is 0 Å². The quantitative estimate of drug-likeness (QED) is 0.694. The van der Waals surface area contributed by atoms with E-state index >= 15 is 0 Å². The first-order chi connectivity index (χ1) is 6.17. The van der Waals surface area contributed by atoms with Gasteiger partial charge in [0.2, 0.25) is 0 Å². The van der Waals surface area contributed by atoms with Crippen LogP contribution < -0.4 is 5.73 Å². The Morgan fingerprint density at radius 3 is 2.77 bits per heavy atom. The number of nitriles is 1. The van der Waals surface area contributed by atoms with Crippen molar-refractivity contribution < 1.29 is 0 Å². The van der Waals surface area contributed by atoms with E-state index in [1.54, 1.807) is 12.1 Å². The minimum Gasteiger partial charge on any atom is -0.321 e. The summed E-state index contributed by atoms with van der Waals surface area (Å²) in [6.45, 7) is 5.56. The minimum atomic E-state index is -0.188. The van der Waals surface area contributed by atoms with Crippen molar-refractivity contribution in [2.24, 2.45) is 5.73 Å². The largest absolute Gasteiger partial charge is 0.321 e. The van der Waals surface area contributed by atoms with E-state index in [2.05, 4.69) is 12.6 Å². The predicted molar refractivity (Wildman–Crippen MR) is 53.0 cm³/mol. The third-order valence-corrected chi connectivity index (χ3v) is 1.87. The molecule has 2 N–H and O–H groups in total. The Labute approximate surface area is 78.3 Å². The van der Waals surface area contributed by atoms with E-state index in [9.17, 15) is 0 Å². The molecule has 1 atom stereocenters. The fourth-order valence-corrected chi connectivity index (χ4v) is 1.21. The number of aryl methyl sites for hydroxylation is 1. The average molecular weight is 172 g/mol. The van der Waals surface area contributed by atoms with Gasteiger partial charge in [0.25, 0.3) is 0 Å². The lowest BCUT2D eigenvalue weighted by Crippen LogP contribution is -2.06. The van der Waals surface area contributed by atoms with E-state index < -0.39 is 0 Å². The Bertz CT molecular complexity index is 361. The van der Waals surface area contributed by atoms with Crippen LogP contribution in [0.2, 0.25) is 0 Å². The lowest BCUT2D eigenvalue weighted by Gasteiger charge is -2.07. The summed E-state index contributed by atoms with van der Waals surface area (Å²) in [5.74, 6) is 0. The third-order valence-electron chi connectivity index (χ3n) is 1.87. The minimum absolute atomic E-state index is 0.188. The van der Waals surface area contributed by atoms with Crippen molar-refractivity contribution in [3.05, 3.63) is 47.5 Å². The molecule has 0 heterocycles. The summed E-state index contributed by atoms with van der Waals surface area (Å²) in [4.78, 5) is 0. The Hall–Kier alpha value is -1.59. The van der Waals surface area contributed by atoms with Gasteiger partial charge >= 0.3 is 0 Å². The molecule has 0 aromatic heterocycles. The Morgan fingerprint density at radius 2 is 2.23 bits per heavy atom. The van der Waals surface area contributed by atoms with Gasteiger partial charge in [-0.1, -0.05) is 12.1 Å². The highest BCUT2D eigenvalue weighted by Crippen LogP contribution is 2.15. The third kappa shape index (κ3) is 2.17. The van der Waals surface area contributed by atoms with Crippen LogP contribution in [0.1, 0.15) is 22.7 Å². The summed E-state index contributed by atoms with van der Waals surface area (Å²) in [7, 11) is 0. The second kappa shape index (κ2) is 3.88. The molecule has 2 heteroatoms. The summed E-state index contributed by atoms with van der Waals surface area (Å²) >= 11 is 0. The fourth-order valence-electron chi connectivity index (χ4n) is 1.21. The number of nitrogens with zero attached hydrogens (tertiary/aromatic N) is 1. The van der Waals surface area contributed by atoms with Crippen LogP contribution in [0.4, 0.5) is 0 Å². The second-order valence-corrected chi connectivity index (χ2v) is 3.01. The Morgan fingerprint density at radius 1 is 1.54 bits per heavy atom. The lowest BCUT2D eigenvalue weighted by molar-refractivity contribution is 0.911. The monoisotopic (exact) mass is 172 g/mol. The van der Waals surface area contributed by atoms with E-state index in [0.29, 0.717) is 5.56 Å². The first kappa shape index (κ1) is 9.50. The van der Waals surface area contributed by atoms with E-state index in [4.69, 9.17) is 11.0 Å². The molecule has 0 radical (unpaired) electrons. The zero-order valence-electron chi connectivity index (χ0n) is 7.62. The number of rotatable bonds is 2. The molecular weight excluding hydrogens is 160 g/mol. The van der Waals surface area contributed by atoms with E-state index in [0.717, 1.165) is 11.1 Å². The maximum atomic E-state index is 8.72. The van der Waals surface area contributed by atoms with Crippen LogP contribution in [0.25, 0.3) is 0 Å². The first-order valence-corrected chi connectivity index (χ1v) is 4.07. The Kier molecular flexibility index (Phi) is 2.84. The SMILES string of the molecule is C=C[C@@H](N)c1cc(C)cc(C#N)c1. The zero-order valence-corrected chi connectivity index (χ0v) is 7.62. The van der Waals surface area contributed by atoms with Crippen molar-refractivity contribution in [3.63, 3.8) is 0 Å². The summed E-state index contributed by atoms with van der Waals surface area (Å²) in [6, 6.07) is 7.50. The van der Waals surface area contributed by atoms with Crippen LogP contribution in [0.15, 0.2) is 30.9 Å². The van der Waals surface area contributed by atoms with Crippen LogP contribution in [-0.2, 0) is 0 Å². The molecule has 13 heavy (non-hydrogen) atoms. The summed E-state index contributed by atoms with van der Waals surface area (Å²) in [5.41, 5.74) is 8.39. The van der Waals surface area contributed by atoms with Gasteiger partial charge in [-0.3, -0.25) is 0 Å². The number of nitrogens with two attached hydrogens (primary N) is 1. The van der Waals surface area contributed by atoms with Crippen molar-refractivity contribution in [3.8, 4) is 6.07 Å². The average Bonchev–Trinajstić information content (AvgIpc) is 2.15. The van der Waals surface area contributed by atoms with Gasteiger partial charge in [-0.05, 0) is 30.2 Å². The maximum absolute atomic E-state index is 8.72. The van der Waals surface area contributed by atoms with Gasteiger partial charge in [-0.2, -0.15) is 5.26 Å². The van der Waals surface area contributed by atoms with Gasteiger partial charge < -0.3 is 5.73 Å². The standard InChI is InChI=1S/C11H12N2/c1-3-11(13)10-5-8(2)4-9(6-10)7-12/h3-6,11H,1,13H2,2H3/t11-/m1/s1. The van der Waals surface area contributed by atoms with E-state index in [1.807, 2.05) is 19.1 Å². The molecule has 2 nitrogen and oxygen atoms in total. The van der Waals surface area contributed by atoms with Gasteiger partial charge in [0.05, 0.1) is 11.6 Å². The second-order valence-electron chi connectivity index (χ2n) is 3.01. The number of hydrogen-bond donors (Lipinski definition) is 1.